The van der Waals surface area contributed by atoms with Gasteiger partial charge in [0.15, 0.2) is 0 Å². The molecule has 4 N–H and O–H groups in total. The first-order valence-electron chi connectivity index (χ1n) is 7.41. The summed E-state index contributed by atoms with van der Waals surface area (Å²) >= 11 is 0. The van der Waals surface area contributed by atoms with Crippen LogP contribution < -0.4 is 16.0 Å². The highest BCUT2D eigenvalue weighted by Gasteiger charge is 2.22. The summed E-state index contributed by atoms with van der Waals surface area (Å²) < 4.78 is 0. The first kappa shape index (κ1) is 17.3. The van der Waals surface area contributed by atoms with E-state index in [1.165, 1.54) is 0 Å². The van der Waals surface area contributed by atoms with E-state index in [-0.39, 0.29) is 30.3 Å². The maximum atomic E-state index is 11.7. The average molecular weight is 299 g/mol. The lowest BCUT2D eigenvalue weighted by Crippen LogP contribution is -2.43. The van der Waals surface area contributed by atoms with Gasteiger partial charge in [0.2, 0.25) is 5.91 Å². The maximum absolute atomic E-state index is 11.7. The zero-order valence-corrected chi connectivity index (χ0v) is 12.6. The Kier molecular flexibility index (Phi) is 6.98. The predicted octanol–water partition coefficient (Wildman–Crippen LogP) is 0.701. The predicted molar refractivity (Wildman–Crippen MR) is 77.8 cm³/mol. The van der Waals surface area contributed by atoms with Gasteiger partial charge in [-0.05, 0) is 24.7 Å². The van der Waals surface area contributed by atoms with E-state index in [9.17, 15) is 14.4 Å². The van der Waals surface area contributed by atoms with E-state index in [1.54, 1.807) is 0 Å². The zero-order chi connectivity index (χ0) is 15.8. The van der Waals surface area contributed by atoms with Crippen LogP contribution >= 0.6 is 0 Å². The Morgan fingerprint density at radius 2 is 2.10 bits per heavy atom. The molecule has 0 spiro atoms. The lowest BCUT2D eigenvalue weighted by Gasteiger charge is -2.20. The van der Waals surface area contributed by atoms with Crippen LogP contribution in [0.25, 0.3) is 0 Å². The van der Waals surface area contributed by atoms with E-state index >= 15 is 0 Å². The summed E-state index contributed by atoms with van der Waals surface area (Å²) in [6.07, 6.45) is 1.85. The normalized spacial score (nSPS) is 19.2. The second-order valence-electron chi connectivity index (χ2n) is 5.83. The third-order valence-electron chi connectivity index (χ3n) is 3.79. The van der Waals surface area contributed by atoms with Crippen molar-refractivity contribution in [3.63, 3.8) is 0 Å². The number of carbonyl (C=O) groups is 3. The number of rotatable bonds is 8. The second kappa shape index (κ2) is 8.49. The summed E-state index contributed by atoms with van der Waals surface area (Å²) in [7, 11) is 0. The van der Waals surface area contributed by atoms with Crippen LogP contribution in [0.15, 0.2) is 0 Å². The lowest BCUT2D eigenvalue weighted by atomic mass is 9.88. The quantitative estimate of drug-likeness (QED) is 0.529. The van der Waals surface area contributed by atoms with Crippen LogP contribution in [0.3, 0.4) is 0 Å². The molecule has 2 unspecified atom stereocenters. The minimum atomic E-state index is -0.787. The van der Waals surface area contributed by atoms with Crippen LogP contribution in [0.1, 0.15) is 39.5 Å². The van der Waals surface area contributed by atoms with Crippen LogP contribution in [-0.4, -0.2) is 42.1 Å². The molecular formula is C14H25N3O4. The van der Waals surface area contributed by atoms with Gasteiger partial charge in [-0.2, -0.15) is 0 Å². The number of carbonyl (C=O) groups excluding carboxylic acids is 2. The van der Waals surface area contributed by atoms with E-state index in [4.69, 9.17) is 5.11 Å². The van der Waals surface area contributed by atoms with Gasteiger partial charge in [-0.3, -0.25) is 9.59 Å². The van der Waals surface area contributed by atoms with E-state index in [1.807, 2.05) is 0 Å². The van der Waals surface area contributed by atoms with E-state index in [2.05, 4.69) is 29.8 Å². The monoisotopic (exact) mass is 299 g/mol. The number of carboxylic acids is 1. The average Bonchev–Trinajstić information content (AvgIpc) is 2.78. The molecule has 1 heterocycles. The van der Waals surface area contributed by atoms with Crippen molar-refractivity contribution in [3.8, 4) is 0 Å². The Balaban J connectivity index is 2.21. The molecule has 0 aromatic carbocycles. The summed E-state index contributed by atoms with van der Waals surface area (Å²) in [6.45, 7) is 5.09. The number of hydrogen-bond acceptors (Lipinski definition) is 3. The Hall–Kier alpha value is -1.79. The molecule has 1 rings (SSSR count). The van der Waals surface area contributed by atoms with Crippen molar-refractivity contribution in [2.24, 2.45) is 11.8 Å². The van der Waals surface area contributed by atoms with Gasteiger partial charge in [0, 0.05) is 25.9 Å². The molecule has 3 amide bonds. The first-order chi connectivity index (χ1) is 9.88. The SMILES string of the molecule is CC(C)C(CCNC(=O)NC1CNC(=O)C1)CCC(=O)O. The number of hydrogen-bond donors (Lipinski definition) is 4. The van der Waals surface area contributed by atoms with Crippen molar-refractivity contribution in [3.05, 3.63) is 0 Å². The molecule has 0 aromatic rings. The molecule has 1 fully saturated rings. The summed E-state index contributed by atoms with van der Waals surface area (Å²) in [6, 6.07) is -0.428. The van der Waals surface area contributed by atoms with Gasteiger partial charge in [-0.1, -0.05) is 13.8 Å². The van der Waals surface area contributed by atoms with Gasteiger partial charge in [0.25, 0.3) is 0 Å². The van der Waals surface area contributed by atoms with Crippen LogP contribution in [0.2, 0.25) is 0 Å². The van der Waals surface area contributed by atoms with Crippen LogP contribution in [-0.2, 0) is 9.59 Å². The molecule has 0 bridgehead atoms. The van der Waals surface area contributed by atoms with Crippen molar-refractivity contribution < 1.29 is 19.5 Å². The molecule has 2 atom stereocenters. The summed E-state index contributed by atoms with van der Waals surface area (Å²) in [5.74, 6) is -0.180. The van der Waals surface area contributed by atoms with Gasteiger partial charge in [-0.15, -0.1) is 0 Å². The minimum Gasteiger partial charge on any atom is -0.481 e. The van der Waals surface area contributed by atoms with E-state index < -0.39 is 5.97 Å². The number of amides is 3. The van der Waals surface area contributed by atoms with Crippen molar-refractivity contribution in [1.82, 2.24) is 16.0 Å². The highest BCUT2D eigenvalue weighted by atomic mass is 16.4. The standard InChI is InChI=1S/C14H25N3O4/c1-9(2)10(3-4-13(19)20)5-6-15-14(21)17-11-7-12(18)16-8-11/h9-11H,3-8H2,1-2H3,(H,16,18)(H,19,20)(H2,15,17,21). The van der Waals surface area contributed by atoms with Gasteiger partial charge < -0.3 is 21.1 Å². The third-order valence-corrected chi connectivity index (χ3v) is 3.79. The van der Waals surface area contributed by atoms with Gasteiger partial charge in [-0.25, -0.2) is 4.79 Å². The molecule has 1 aliphatic heterocycles. The van der Waals surface area contributed by atoms with Crippen molar-refractivity contribution in [1.29, 1.82) is 0 Å². The Labute approximate surface area is 124 Å². The lowest BCUT2D eigenvalue weighted by molar-refractivity contribution is -0.137. The molecule has 0 aromatic heterocycles. The summed E-state index contributed by atoms with van der Waals surface area (Å²) in [5.41, 5.74) is 0. The fourth-order valence-electron chi connectivity index (χ4n) is 2.43. The van der Waals surface area contributed by atoms with Crippen molar-refractivity contribution in [2.75, 3.05) is 13.1 Å². The van der Waals surface area contributed by atoms with E-state index in [0.29, 0.717) is 31.8 Å². The Morgan fingerprint density at radius 1 is 1.38 bits per heavy atom. The smallest absolute Gasteiger partial charge is 0.315 e. The number of carboxylic acid groups (broad SMARTS) is 1. The molecule has 7 nitrogen and oxygen atoms in total. The summed E-state index contributed by atoms with van der Waals surface area (Å²) in [5, 5.41) is 16.9. The van der Waals surface area contributed by atoms with Crippen molar-refractivity contribution in [2.45, 2.75) is 45.6 Å². The fraction of sp³-hybridized carbons (Fsp3) is 0.786. The minimum absolute atomic E-state index is 0.0474. The van der Waals surface area contributed by atoms with Gasteiger partial charge in [0.05, 0.1) is 6.04 Å². The maximum Gasteiger partial charge on any atom is 0.315 e. The topological polar surface area (TPSA) is 108 Å². The molecular weight excluding hydrogens is 274 g/mol. The fourth-order valence-corrected chi connectivity index (χ4v) is 2.43. The third kappa shape index (κ3) is 6.97. The molecule has 0 radical (unpaired) electrons. The van der Waals surface area contributed by atoms with Gasteiger partial charge in [0.1, 0.15) is 0 Å². The second-order valence-corrected chi connectivity index (χ2v) is 5.83. The van der Waals surface area contributed by atoms with Crippen LogP contribution in [0.5, 0.6) is 0 Å². The van der Waals surface area contributed by atoms with Gasteiger partial charge >= 0.3 is 12.0 Å². The number of urea groups is 1. The molecule has 1 saturated heterocycles. The molecule has 0 saturated carbocycles. The highest BCUT2D eigenvalue weighted by Crippen LogP contribution is 2.20. The zero-order valence-electron chi connectivity index (χ0n) is 12.6. The van der Waals surface area contributed by atoms with Crippen LogP contribution in [0, 0.1) is 11.8 Å². The summed E-state index contributed by atoms with van der Waals surface area (Å²) in [4.78, 5) is 33.3. The van der Waals surface area contributed by atoms with Crippen LogP contribution in [0.4, 0.5) is 4.79 Å². The molecule has 7 heteroatoms. The largest absolute Gasteiger partial charge is 0.481 e. The molecule has 120 valence electrons. The highest BCUT2D eigenvalue weighted by molar-refractivity contribution is 5.81. The molecule has 21 heavy (non-hydrogen) atoms. The molecule has 0 aliphatic carbocycles. The Bertz CT molecular complexity index is 384. The number of nitrogens with one attached hydrogen (secondary N) is 3. The molecule has 1 aliphatic rings. The van der Waals surface area contributed by atoms with E-state index in [0.717, 1.165) is 6.42 Å². The Morgan fingerprint density at radius 3 is 2.62 bits per heavy atom. The van der Waals surface area contributed by atoms with Crippen molar-refractivity contribution >= 4 is 17.9 Å². The number of aliphatic carboxylic acids is 1. The first-order valence-corrected chi connectivity index (χ1v) is 7.41.